The van der Waals surface area contributed by atoms with Crippen LogP contribution in [0.3, 0.4) is 0 Å². The number of carbonyl (C=O) groups is 3. The molecule has 2 atom stereocenters. The van der Waals surface area contributed by atoms with E-state index in [-0.39, 0.29) is 11.8 Å². The summed E-state index contributed by atoms with van der Waals surface area (Å²) in [7, 11) is 1.56. The van der Waals surface area contributed by atoms with Gasteiger partial charge < -0.3 is 20.5 Å². The predicted octanol–water partition coefficient (Wildman–Crippen LogP) is 4.10. The number of hydrogen-bond donors (Lipinski definition) is 3. The van der Waals surface area contributed by atoms with E-state index in [1.54, 1.807) is 37.5 Å². The number of anilines is 2. The average molecular weight is 441 g/mol. The molecule has 0 radical (unpaired) electrons. The Balaban J connectivity index is 1.59. The van der Waals surface area contributed by atoms with Crippen LogP contribution < -0.4 is 15.4 Å². The lowest BCUT2D eigenvalue weighted by Crippen LogP contribution is -2.35. The van der Waals surface area contributed by atoms with E-state index < -0.39 is 17.8 Å². The van der Waals surface area contributed by atoms with Gasteiger partial charge in [0.2, 0.25) is 5.91 Å². The number of rotatable bonds is 6. The Morgan fingerprint density at radius 3 is 2.61 bits per heavy atom. The number of aliphatic carboxylic acids is 1. The molecule has 0 bridgehead atoms. The first kappa shape index (κ1) is 21.1. The van der Waals surface area contributed by atoms with Gasteiger partial charge in [0.15, 0.2) is 0 Å². The quantitative estimate of drug-likeness (QED) is 0.587. The summed E-state index contributed by atoms with van der Waals surface area (Å²) in [6, 6.07) is 7.09. The molecule has 162 valence electrons. The maximum absolute atomic E-state index is 13.2. The molecule has 4 rings (SSSR count). The van der Waals surface area contributed by atoms with Crippen LogP contribution in [0.4, 0.5) is 10.7 Å². The summed E-state index contributed by atoms with van der Waals surface area (Å²) in [5, 5.41) is 15.8. The third-order valence-corrected chi connectivity index (χ3v) is 7.01. The molecule has 0 aliphatic heterocycles. The van der Waals surface area contributed by atoms with Crippen LogP contribution >= 0.6 is 11.3 Å². The monoisotopic (exact) mass is 440 g/mol. The Kier molecular flexibility index (Phi) is 6.08. The molecule has 1 aromatic heterocycles. The largest absolute Gasteiger partial charge is 0.497 e. The number of fused-ring (bicyclic) bond motifs is 1. The Morgan fingerprint density at radius 2 is 1.87 bits per heavy atom. The second kappa shape index (κ2) is 8.93. The van der Waals surface area contributed by atoms with Gasteiger partial charge in [-0.3, -0.25) is 14.4 Å². The van der Waals surface area contributed by atoms with Crippen molar-refractivity contribution in [2.24, 2.45) is 11.8 Å². The van der Waals surface area contributed by atoms with Gasteiger partial charge in [0, 0.05) is 16.6 Å². The van der Waals surface area contributed by atoms with Crippen LogP contribution in [0.1, 0.15) is 40.1 Å². The summed E-state index contributed by atoms with van der Waals surface area (Å²) in [6.07, 6.45) is 6.98. The molecule has 2 amide bonds. The van der Waals surface area contributed by atoms with Crippen molar-refractivity contribution in [1.29, 1.82) is 0 Å². The van der Waals surface area contributed by atoms with Gasteiger partial charge in [0.1, 0.15) is 10.8 Å². The Bertz CT molecular complexity index is 1060. The number of allylic oxidation sites excluding steroid dienone is 2. The molecule has 8 heteroatoms. The predicted molar refractivity (Wildman–Crippen MR) is 119 cm³/mol. The van der Waals surface area contributed by atoms with Gasteiger partial charge >= 0.3 is 5.97 Å². The number of methoxy groups -OCH3 is 1. The zero-order valence-corrected chi connectivity index (χ0v) is 18.0. The lowest BCUT2D eigenvalue weighted by atomic mass is 9.82. The summed E-state index contributed by atoms with van der Waals surface area (Å²) >= 11 is 1.41. The van der Waals surface area contributed by atoms with E-state index in [4.69, 9.17) is 4.74 Å². The van der Waals surface area contributed by atoms with Crippen molar-refractivity contribution in [3.05, 3.63) is 52.4 Å². The van der Waals surface area contributed by atoms with Gasteiger partial charge in [-0.25, -0.2) is 0 Å². The van der Waals surface area contributed by atoms with E-state index in [2.05, 4.69) is 10.6 Å². The Labute approximate surface area is 184 Å². The van der Waals surface area contributed by atoms with Crippen molar-refractivity contribution >= 4 is 39.8 Å². The van der Waals surface area contributed by atoms with Crippen LogP contribution in [0.2, 0.25) is 0 Å². The summed E-state index contributed by atoms with van der Waals surface area (Å²) in [5.74, 6) is -2.41. The van der Waals surface area contributed by atoms with Crippen molar-refractivity contribution in [3.63, 3.8) is 0 Å². The van der Waals surface area contributed by atoms with E-state index in [1.165, 1.54) is 11.3 Å². The maximum atomic E-state index is 13.2. The molecule has 0 spiro atoms. The molecule has 0 saturated heterocycles. The summed E-state index contributed by atoms with van der Waals surface area (Å²) in [4.78, 5) is 38.8. The van der Waals surface area contributed by atoms with Crippen LogP contribution in [0.15, 0.2) is 36.4 Å². The first-order valence-electron chi connectivity index (χ1n) is 10.3. The average Bonchev–Trinajstić information content (AvgIpc) is 3.34. The summed E-state index contributed by atoms with van der Waals surface area (Å²) in [6.45, 7) is 0. The molecule has 1 aromatic carbocycles. The van der Waals surface area contributed by atoms with Crippen molar-refractivity contribution in [1.82, 2.24) is 0 Å². The number of amides is 2. The van der Waals surface area contributed by atoms with Gasteiger partial charge in [-0.15, -0.1) is 11.3 Å². The highest BCUT2D eigenvalue weighted by atomic mass is 32.1. The summed E-state index contributed by atoms with van der Waals surface area (Å²) < 4.78 is 5.21. The van der Waals surface area contributed by atoms with Crippen LogP contribution in [0, 0.1) is 11.8 Å². The number of nitrogens with one attached hydrogen (secondary N) is 2. The van der Waals surface area contributed by atoms with Gasteiger partial charge in [-0.1, -0.05) is 18.2 Å². The van der Waals surface area contributed by atoms with Gasteiger partial charge in [0.25, 0.3) is 5.91 Å². The molecule has 2 aliphatic rings. The van der Waals surface area contributed by atoms with Crippen LogP contribution in [-0.2, 0) is 22.4 Å². The fraction of sp³-hybridized carbons (Fsp3) is 0.348. The number of thiophene rings is 1. The van der Waals surface area contributed by atoms with Crippen molar-refractivity contribution in [2.45, 2.75) is 32.1 Å². The fourth-order valence-electron chi connectivity index (χ4n) is 4.21. The topological polar surface area (TPSA) is 105 Å². The number of ether oxygens (including phenoxy) is 1. The van der Waals surface area contributed by atoms with Crippen LogP contribution in [0.5, 0.6) is 5.75 Å². The maximum Gasteiger partial charge on any atom is 0.307 e. The zero-order chi connectivity index (χ0) is 22.0. The number of hydrogen-bond acceptors (Lipinski definition) is 5. The second-order valence-corrected chi connectivity index (χ2v) is 8.84. The van der Waals surface area contributed by atoms with E-state index in [0.717, 1.165) is 29.7 Å². The van der Waals surface area contributed by atoms with Gasteiger partial charge in [0.05, 0.1) is 24.5 Å². The molecule has 7 nitrogen and oxygen atoms in total. The fourth-order valence-corrected chi connectivity index (χ4v) is 5.50. The highest BCUT2D eigenvalue weighted by Gasteiger charge is 2.35. The molecular weight excluding hydrogens is 416 g/mol. The number of carboxylic acids is 1. The van der Waals surface area contributed by atoms with E-state index in [1.807, 2.05) is 6.08 Å². The molecule has 0 unspecified atom stereocenters. The molecule has 31 heavy (non-hydrogen) atoms. The molecular formula is C23H24N2O5S. The van der Waals surface area contributed by atoms with Gasteiger partial charge in [-0.05, 0) is 49.8 Å². The minimum absolute atomic E-state index is 0.290. The number of carboxylic acid groups (broad SMARTS) is 1. The number of benzene rings is 1. The third kappa shape index (κ3) is 4.34. The molecule has 3 N–H and O–H groups in total. The van der Waals surface area contributed by atoms with Crippen molar-refractivity contribution in [3.8, 4) is 5.75 Å². The normalized spacial score (nSPS) is 19.5. The van der Waals surface area contributed by atoms with Crippen LogP contribution in [-0.4, -0.2) is 30.0 Å². The minimum Gasteiger partial charge on any atom is -0.497 e. The highest BCUT2D eigenvalue weighted by Crippen LogP contribution is 2.40. The van der Waals surface area contributed by atoms with Crippen molar-refractivity contribution in [2.75, 3.05) is 17.7 Å². The first-order chi connectivity index (χ1) is 15.0. The SMILES string of the molecule is COc1cccc(NC(=O)c2c(NC(=O)[C@@H]3CC=CC[C@@H]3C(=O)O)sc3c2CCC3)c1. The van der Waals surface area contributed by atoms with E-state index >= 15 is 0 Å². The Hall–Kier alpha value is -3.13. The minimum atomic E-state index is -0.978. The Morgan fingerprint density at radius 1 is 1.10 bits per heavy atom. The third-order valence-electron chi connectivity index (χ3n) is 5.80. The first-order valence-corrected chi connectivity index (χ1v) is 11.1. The van der Waals surface area contributed by atoms with E-state index in [0.29, 0.717) is 34.8 Å². The summed E-state index contributed by atoms with van der Waals surface area (Å²) in [5.41, 5.74) is 2.05. The molecule has 2 aliphatic carbocycles. The van der Waals surface area contributed by atoms with Crippen LogP contribution in [0.25, 0.3) is 0 Å². The number of carbonyl (C=O) groups excluding carboxylic acids is 2. The molecule has 0 saturated carbocycles. The second-order valence-electron chi connectivity index (χ2n) is 7.73. The number of aryl methyl sites for hydroxylation is 1. The standard InChI is InChI=1S/C23H24N2O5S/c1-30-14-7-4-6-13(12-14)24-21(27)19-17-10-5-11-18(17)31-22(19)25-20(26)15-8-2-3-9-16(15)23(28)29/h2-4,6-7,12,15-16H,5,8-11H2,1H3,(H,24,27)(H,25,26)(H,28,29)/t15-,16+/m1/s1. The lowest BCUT2D eigenvalue weighted by Gasteiger charge is -2.24. The van der Waals surface area contributed by atoms with Crippen molar-refractivity contribution < 1.29 is 24.2 Å². The highest BCUT2D eigenvalue weighted by molar-refractivity contribution is 7.17. The van der Waals surface area contributed by atoms with E-state index in [9.17, 15) is 19.5 Å². The molecule has 2 aromatic rings. The molecule has 0 fully saturated rings. The van der Waals surface area contributed by atoms with Gasteiger partial charge in [-0.2, -0.15) is 0 Å². The lowest BCUT2D eigenvalue weighted by molar-refractivity contribution is -0.146. The zero-order valence-electron chi connectivity index (χ0n) is 17.1. The smallest absolute Gasteiger partial charge is 0.307 e. The molecule has 1 heterocycles.